The number of nitro benzene ring substituents is 1. The van der Waals surface area contributed by atoms with Gasteiger partial charge in [0.25, 0.3) is 5.69 Å². The fraction of sp³-hybridized carbons (Fsp3) is 0.0870. The van der Waals surface area contributed by atoms with Gasteiger partial charge < -0.3 is 10.1 Å². The van der Waals surface area contributed by atoms with Crippen molar-refractivity contribution in [2.75, 3.05) is 0 Å². The molecule has 0 aliphatic carbocycles. The van der Waals surface area contributed by atoms with Crippen molar-refractivity contribution in [3.63, 3.8) is 0 Å². The lowest BCUT2D eigenvalue weighted by Crippen LogP contribution is -1.92. The number of hydrogen-bond acceptors (Lipinski definition) is 4. The number of aryl methyl sites for hydroxylation is 2. The smallest absolute Gasteiger partial charge is 0.270 e. The van der Waals surface area contributed by atoms with E-state index in [-0.39, 0.29) is 11.4 Å². The number of rotatable bonds is 4. The van der Waals surface area contributed by atoms with Crippen molar-refractivity contribution in [2.24, 2.45) is 0 Å². The SMILES string of the molecule is Cc1cc(-c2nc(-c3ccccc3)c(-c3cc([N+](=O)[O-])ccc3C)[nH]2)ccc1O. The van der Waals surface area contributed by atoms with E-state index in [0.717, 1.165) is 39.2 Å². The summed E-state index contributed by atoms with van der Waals surface area (Å²) >= 11 is 0. The van der Waals surface area contributed by atoms with Gasteiger partial charge in [0.1, 0.15) is 11.6 Å². The molecule has 1 aromatic heterocycles. The maximum atomic E-state index is 11.3. The van der Waals surface area contributed by atoms with Gasteiger partial charge in [-0.3, -0.25) is 10.1 Å². The van der Waals surface area contributed by atoms with Crippen LogP contribution < -0.4 is 0 Å². The van der Waals surface area contributed by atoms with E-state index in [4.69, 9.17) is 4.98 Å². The second-order valence-corrected chi connectivity index (χ2v) is 6.93. The van der Waals surface area contributed by atoms with Crippen LogP contribution in [-0.2, 0) is 0 Å². The Morgan fingerprint density at radius 3 is 2.38 bits per heavy atom. The first kappa shape index (κ1) is 18.4. The van der Waals surface area contributed by atoms with Gasteiger partial charge >= 0.3 is 0 Å². The van der Waals surface area contributed by atoms with E-state index in [0.29, 0.717) is 5.82 Å². The van der Waals surface area contributed by atoms with Crippen LogP contribution in [0.15, 0.2) is 66.7 Å². The molecule has 0 unspecified atom stereocenters. The summed E-state index contributed by atoms with van der Waals surface area (Å²) in [5, 5.41) is 21.1. The molecule has 0 fully saturated rings. The van der Waals surface area contributed by atoms with Crippen LogP contribution in [0.1, 0.15) is 11.1 Å². The van der Waals surface area contributed by atoms with Crippen LogP contribution in [0.5, 0.6) is 5.75 Å². The molecule has 0 radical (unpaired) electrons. The molecule has 0 saturated carbocycles. The first-order chi connectivity index (χ1) is 13.9. The Morgan fingerprint density at radius 2 is 1.69 bits per heavy atom. The first-order valence-corrected chi connectivity index (χ1v) is 9.15. The standard InChI is InChI=1S/C23H19N3O3/c1-14-8-10-18(26(28)29)13-19(14)22-21(16-6-4-3-5-7-16)24-23(25-22)17-9-11-20(27)15(2)12-17/h3-13,27H,1-2H3,(H,24,25). The number of aromatic nitrogens is 2. The lowest BCUT2D eigenvalue weighted by molar-refractivity contribution is -0.384. The van der Waals surface area contributed by atoms with E-state index >= 15 is 0 Å². The summed E-state index contributed by atoms with van der Waals surface area (Å²) in [5.74, 6) is 0.853. The molecule has 0 saturated heterocycles. The molecular formula is C23H19N3O3. The van der Waals surface area contributed by atoms with E-state index in [9.17, 15) is 15.2 Å². The molecule has 0 spiro atoms. The third-order valence-corrected chi connectivity index (χ3v) is 4.92. The number of benzene rings is 3. The van der Waals surface area contributed by atoms with Gasteiger partial charge in [-0.2, -0.15) is 0 Å². The van der Waals surface area contributed by atoms with Gasteiger partial charge in [-0.1, -0.05) is 36.4 Å². The normalized spacial score (nSPS) is 10.8. The average molecular weight is 385 g/mol. The van der Waals surface area contributed by atoms with Crippen molar-refractivity contribution in [1.29, 1.82) is 0 Å². The van der Waals surface area contributed by atoms with Crippen LogP contribution >= 0.6 is 0 Å². The Morgan fingerprint density at radius 1 is 0.931 bits per heavy atom. The molecule has 3 aromatic carbocycles. The first-order valence-electron chi connectivity index (χ1n) is 9.15. The number of nitrogens with one attached hydrogen (secondary N) is 1. The third kappa shape index (κ3) is 3.48. The number of aromatic hydroxyl groups is 1. The van der Waals surface area contributed by atoms with Crippen molar-refractivity contribution in [3.8, 4) is 39.7 Å². The van der Waals surface area contributed by atoms with Gasteiger partial charge in [-0.05, 0) is 43.2 Å². The molecule has 0 amide bonds. The minimum absolute atomic E-state index is 0.0289. The minimum atomic E-state index is -0.397. The van der Waals surface area contributed by atoms with Crippen LogP contribution in [0.3, 0.4) is 0 Å². The Labute approximate surface area is 167 Å². The monoisotopic (exact) mass is 385 g/mol. The second kappa shape index (κ2) is 7.24. The molecule has 4 rings (SSSR count). The molecule has 0 aliphatic rings. The maximum Gasteiger partial charge on any atom is 0.270 e. The molecule has 4 aromatic rings. The van der Waals surface area contributed by atoms with Crippen LogP contribution in [0.25, 0.3) is 33.9 Å². The Bertz CT molecular complexity index is 1210. The summed E-state index contributed by atoms with van der Waals surface area (Å²) in [5.41, 5.74) is 5.58. The van der Waals surface area contributed by atoms with Gasteiger partial charge in [0.2, 0.25) is 0 Å². The predicted molar refractivity (Wildman–Crippen MR) is 113 cm³/mol. The number of imidazole rings is 1. The fourth-order valence-corrected chi connectivity index (χ4v) is 3.31. The maximum absolute atomic E-state index is 11.3. The summed E-state index contributed by atoms with van der Waals surface area (Å²) in [4.78, 5) is 19.1. The van der Waals surface area contributed by atoms with Crippen LogP contribution in [-0.4, -0.2) is 20.0 Å². The van der Waals surface area contributed by atoms with Crippen molar-refractivity contribution < 1.29 is 10.0 Å². The number of nitrogens with zero attached hydrogens (tertiary/aromatic N) is 2. The quantitative estimate of drug-likeness (QED) is 0.351. The summed E-state index contributed by atoms with van der Waals surface area (Å²) in [7, 11) is 0. The predicted octanol–water partition coefficient (Wildman–Crippen LogP) is 5.64. The second-order valence-electron chi connectivity index (χ2n) is 6.93. The Hall–Kier alpha value is -3.93. The topological polar surface area (TPSA) is 92.0 Å². The lowest BCUT2D eigenvalue weighted by Gasteiger charge is -2.07. The van der Waals surface area contributed by atoms with Gasteiger partial charge in [-0.25, -0.2) is 4.98 Å². The highest BCUT2D eigenvalue weighted by atomic mass is 16.6. The highest BCUT2D eigenvalue weighted by molar-refractivity contribution is 5.83. The molecule has 0 bridgehead atoms. The molecule has 6 heteroatoms. The summed E-state index contributed by atoms with van der Waals surface area (Å²) in [6.07, 6.45) is 0. The molecule has 2 N–H and O–H groups in total. The number of nitro groups is 1. The number of H-pyrrole nitrogens is 1. The number of hydrogen-bond donors (Lipinski definition) is 2. The minimum Gasteiger partial charge on any atom is -0.508 e. The number of phenols is 1. The van der Waals surface area contributed by atoms with Crippen LogP contribution in [0.2, 0.25) is 0 Å². The zero-order chi connectivity index (χ0) is 20.5. The van der Waals surface area contributed by atoms with Crippen molar-refractivity contribution in [3.05, 3.63) is 88.0 Å². The van der Waals surface area contributed by atoms with Crippen LogP contribution in [0, 0.1) is 24.0 Å². The van der Waals surface area contributed by atoms with E-state index in [1.807, 2.05) is 50.2 Å². The molecule has 0 aliphatic heterocycles. The molecule has 29 heavy (non-hydrogen) atoms. The van der Waals surface area contributed by atoms with Crippen molar-refractivity contribution in [1.82, 2.24) is 9.97 Å². The van der Waals surface area contributed by atoms with E-state index in [1.165, 1.54) is 6.07 Å². The highest BCUT2D eigenvalue weighted by Crippen LogP contribution is 2.36. The van der Waals surface area contributed by atoms with Gasteiger partial charge in [0.05, 0.1) is 16.3 Å². The largest absolute Gasteiger partial charge is 0.508 e. The summed E-state index contributed by atoms with van der Waals surface area (Å²) in [6, 6.07) is 19.8. The van der Waals surface area contributed by atoms with Gasteiger partial charge in [0, 0.05) is 28.8 Å². The molecule has 144 valence electrons. The van der Waals surface area contributed by atoms with E-state index in [2.05, 4.69) is 4.98 Å². The lowest BCUT2D eigenvalue weighted by atomic mass is 10.0. The third-order valence-electron chi connectivity index (χ3n) is 4.92. The average Bonchev–Trinajstić information content (AvgIpc) is 3.16. The van der Waals surface area contributed by atoms with Crippen LogP contribution in [0.4, 0.5) is 5.69 Å². The van der Waals surface area contributed by atoms with Gasteiger partial charge in [0.15, 0.2) is 0 Å². The highest BCUT2D eigenvalue weighted by Gasteiger charge is 2.19. The number of aromatic amines is 1. The van der Waals surface area contributed by atoms with Crippen molar-refractivity contribution >= 4 is 5.69 Å². The Kier molecular flexibility index (Phi) is 4.60. The van der Waals surface area contributed by atoms with E-state index < -0.39 is 4.92 Å². The fourth-order valence-electron chi connectivity index (χ4n) is 3.31. The summed E-state index contributed by atoms with van der Waals surface area (Å²) in [6.45, 7) is 3.74. The van der Waals surface area contributed by atoms with Crippen molar-refractivity contribution in [2.45, 2.75) is 13.8 Å². The number of phenolic OH excluding ortho intramolecular Hbond substituents is 1. The molecule has 6 nitrogen and oxygen atoms in total. The zero-order valence-electron chi connectivity index (χ0n) is 16.0. The molecular weight excluding hydrogens is 366 g/mol. The zero-order valence-corrected chi connectivity index (χ0v) is 16.0. The molecule has 1 heterocycles. The Balaban J connectivity index is 1.95. The summed E-state index contributed by atoms with van der Waals surface area (Å²) < 4.78 is 0. The van der Waals surface area contributed by atoms with E-state index in [1.54, 1.807) is 24.3 Å². The van der Waals surface area contributed by atoms with Gasteiger partial charge in [-0.15, -0.1) is 0 Å². The number of non-ortho nitro benzene ring substituents is 1. The molecule has 0 atom stereocenters.